The van der Waals surface area contributed by atoms with E-state index in [1.54, 1.807) is 0 Å². The summed E-state index contributed by atoms with van der Waals surface area (Å²) in [6.07, 6.45) is 36.4. The summed E-state index contributed by atoms with van der Waals surface area (Å²) >= 11 is 0. The molecule has 2 fully saturated rings. The number of unbranched alkanes of at least 4 members (excludes halogenated alkanes) is 27. The van der Waals surface area contributed by atoms with Crippen LogP contribution < -0.4 is 0 Å². The smallest absolute Gasteiger partial charge is 0.306 e. The standard InChI is InChI=1S/C58H106O14/c1-3-5-7-9-11-13-15-17-18-19-20-21-22-23-24-25-26-27-28-29-31-33-35-37-39-41-50(60)70-47(44-67-42-40-38-36-34-32-30-16-14-12-10-8-6-4-2)45-68-57-56(66)54(64)52(62)49(72-57)46-69-58-55(65)53(63)51(61)48(43-59)71-58/h12,14-15,17,19-20,47-49,51-59,61-66H,3-11,13,16,18,21-46H2,1-2H3/b14-12-,17-15-,20-19-. The van der Waals surface area contributed by atoms with E-state index >= 15 is 0 Å². The van der Waals surface area contributed by atoms with Crippen molar-refractivity contribution in [3.63, 3.8) is 0 Å². The molecule has 0 aliphatic carbocycles. The lowest BCUT2D eigenvalue weighted by molar-refractivity contribution is -0.332. The minimum atomic E-state index is -1.71. The zero-order chi connectivity index (χ0) is 52.3. The SMILES string of the molecule is CCCCC/C=C\CCCCCCCCOCC(COC1OC(COC2OC(CO)C(O)C(O)C2O)C(O)C(O)C1O)OC(=O)CCCCCCCCCCCCCCC/C=C\C/C=C\CCCCCCC. The van der Waals surface area contributed by atoms with Crippen molar-refractivity contribution < 1.29 is 69.0 Å². The van der Waals surface area contributed by atoms with Gasteiger partial charge in [-0.2, -0.15) is 0 Å². The van der Waals surface area contributed by atoms with Gasteiger partial charge in [-0.1, -0.05) is 185 Å². The Bertz CT molecular complexity index is 1330. The number of carbonyl (C=O) groups is 1. The van der Waals surface area contributed by atoms with Gasteiger partial charge in [0.05, 0.1) is 26.4 Å². The van der Waals surface area contributed by atoms with Crippen LogP contribution in [0.25, 0.3) is 0 Å². The number of aliphatic hydroxyl groups is 7. The van der Waals surface area contributed by atoms with Gasteiger partial charge in [-0.3, -0.25) is 4.79 Å². The molecule has 0 aromatic heterocycles. The quantitative estimate of drug-likeness (QED) is 0.0172. The highest BCUT2D eigenvalue weighted by Crippen LogP contribution is 2.27. The number of hydrogen-bond acceptors (Lipinski definition) is 14. The Balaban J connectivity index is 1.68. The Morgan fingerprint density at radius 1 is 0.458 bits per heavy atom. The molecule has 2 rings (SSSR count). The van der Waals surface area contributed by atoms with E-state index in [1.165, 1.54) is 148 Å². The van der Waals surface area contributed by atoms with E-state index in [2.05, 4.69) is 50.3 Å². The molecule has 14 heteroatoms. The van der Waals surface area contributed by atoms with Gasteiger partial charge in [0, 0.05) is 13.0 Å². The van der Waals surface area contributed by atoms with Crippen LogP contribution in [0.4, 0.5) is 0 Å². The van der Waals surface area contributed by atoms with E-state index in [-0.39, 0.29) is 25.6 Å². The van der Waals surface area contributed by atoms with Gasteiger partial charge in [0.25, 0.3) is 0 Å². The first kappa shape index (κ1) is 66.3. The highest BCUT2D eigenvalue weighted by Gasteiger charge is 2.47. The lowest BCUT2D eigenvalue weighted by atomic mass is 9.98. The lowest BCUT2D eigenvalue weighted by Gasteiger charge is -2.42. The molecule has 0 bridgehead atoms. The van der Waals surface area contributed by atoms with Crippen molar-refractivity contribution in [3.05, 3.63) is 36.5 Å². The summed E-state index contributed by atoms with van der Waals surface area (Å²) in [4.78, 5) is 13.1. The van der Waals surface area contributed by atoms with Crippen LogP contribution in [0.3, 0.4) is 0 Å². The second-order valence-electron chi connectivity index (χ2n) is 20.5. The van der Waals surface area contributed by atoms with Crippen LogP contribution in [0, 0.1) is 0 Å². The van der Waals surface area contributed by atoms with Crippen molar-refractivity contribution in [2.75, 3.05) is 33.0 Å². The van der Waals surface area contributed by atoms with Crippen LogP contribution in [-0.2, 0) is 33.2 Å². The highest BCUT2D eigenvalue weighted by molar-refractivity contribution is 5.69. The minimum Gasteiger partial charge on any atom is -0.457 e. The molecule has 2 heterocycles. The normalized spacial score (nSPS) is 25.3. The second-order valence-corrected chi connectivity index (χ2v) is 20.5. The van der Waals surface area contributed by atoms with E-state index < -0.39 is 80.7 Å². The number of esters is 1. The second kappa shape index (κ2) is 45.4. The molecule has 72 heavy (non-hydrogen) atoms. The van der Waals surface area contributed by atoms with Crippen molar-refractivity contribution in [1.29, 1.82) is 0 Å². The molecule has 2 aliphatic rings. The fourth-order valence-corrected chi connectivity index (χ4v) is 9.13. The zero-order valence-electron chi connectivity index (χ0n) is 45.2. The number of carbonyl (C=O) groups excluding carboxylic acids is 1. The van der Waals surface area contributed by atoms with Crippen LogP contribution in [0.15, 0.2) is 36.5 Å². The highest BCUT2D eigenvalue weighted by atomic mass is 16.7. The van der Waals surface area contributed by atoms with Crippen LogP contribution >= 0.6 is 0 Å². The van der Waals surface area contributed by atoms with E-state index in [0.717, 1.165) is 51.4 Å². The van der Waals surface area contributed by atoms with Crippen molar-refractivity contribution >= 4 is 5.97 Å². The molecule has 422 valence electrons. The Hall–Kier alpha value is -1.79. The summed E-state index contributed by atoms with van der Waals surface area (Å²) in [6.45, 7) is 3.67. The van der Waals surface area contributed by atoms with Crippen LogP contribution in [0.1, 0.15) is 226 Å². The summed E-state index contributed by atoms with van der Waals surface area (Å²) in [7, 11) is 0. The number of aliphatic hydroxyl groups excluding tert-OH is 7. The topological polar surface area (TPSA) is 214 Å². The molecular formula is C58H106O14. The molecule has 0 aromatic carbocycles. The van der Waals surface area contributed by atoms with Gasteiger partial charge in [-0.15, -0.1) is 0 Å². The average Bonchev–Trinajstić information content (AvgIpc) is 3.38. The number of ether oxygens (including phenoxy) is 6. The molecule has 0 amide bonds. The van der Waals surface area contributed by atoms with Crippen LogP contribution in [-0.4, -0.2) is 142 Å². The summed E-state index contributed by atoms with van der Waals surface area (Å²) in [5.74, 6) is -0.377. The molecule has 2 aliphatic heterocycles. The third-order valence-electron chi connectivity index (χ3n) is 13.9. The third-order valence-corrected chi connectivity index (χ3v) is 13.9. The van der Waals surface area contributed by atoms with Gasteiger partial charge in [0.1, 0.15) is 54.9 Å². The Kier molecular flexibility index (Phi) is 41.8. The molecule has 14 nitrogen and oxygen atoms in total. The molecule has 0 radical (unpaired) electrons. The Labute approximate surface area is 436 Å². The van der Waals surface area contributed by atoms with E-state index in [4.69, 9.17) is 28.4 Å². The minimum absolute atomic E-state index is 0.0587. The molecule has 2 saturated heterocycles. The average molecular weight is 1030 g/mol. The van der Waals surface area contributed by atoms with E-state index in [1.807, 2.05) is 0 Å². The first-order chi connectivity index (χ1) is 35.1. The van der Waals surface area contributed by atoms with Gasteiger partial charge in [-0.25, -0.2) is 0 Å². The van der Waals surface area contributed by atoms with Gasteiger partial charge in [0.15, 0.2) is 12.6 Å². The Morgan fingerprint density at radius 2 is 0.861 bits per heavy atom. The van der Waals surface area contributed by atoms with Crippen molar-refractivity contribution in [2.45, 2.75) is 293 Å². The molecule has 7 N–H and O–H groups in total. The maximum atomic E-state index is 13.1. The van der Waals surface area contributed by atoms with Gasteiger partial charge >= 0.3 is 5.97 Å². The maximum absolute atomic E-state index is 13.1. The van der Waals surface area contributed by atoms with Crippen molar-refractivity contribution in [1.82, 2.24) is 0 Å². The summed E-state index contributed by atoms with van der Waals surface area (Å²) < 4.78 is 34.3. The maximum Gasteiger partial charge on any atom is 0.306 e. The predicted molar refractivity (Wildman–Crippen MR) is 284 cm³/mol. The van der Waals surface area contributed by atoms with Crippen molar-refractivity contribution in [2.24, 2.45) is 0 Å². The first-order valence-electron chi connectivity index (χ1n) is 29.1. The van der Waals surface area contributed by atoms with E-state index in [9.17, 15) is 40.5 Å². The number of hydrogen-bond donors (Lipinski definition) is 7. The molecule has 11 unspecified atom stereocenters. The largest absolute Gasteiger partial charge is 0.457 e. The predicted octanol–water partition coefficient (Wildman–Crippen LogP) is 10.1. The van der Waals surface area contributed by atoms with Crippen LogP contribution in [0.2, 0.25) is 0 Å². The van der Waals surface area contributed by atoms with Gasteiger partial charge < -0.3 is 64.2 Å². The fourth-order valence-electron chi connectivity index (χ4n) is 9.13. The van der Waals surface area contributed by atoms with Gasteiger partial charge in [-0.05, 0) is 70.6 Å². The Morgan fingerprint density at radius 3 is 1.38 bits per heavy atom. The van der Waals surface area contributed by atoms with Crippen LogP contribution in [0.5, 0.6) is 0 Å². The summed E-state index contributed by atoms with van der Waals surface area (Å²) in [5.41, 5.74) is 0. The van der Waals surface area contributed by atoms with Gasteiger partial charge in [0.2, 0.25) is 0 Å². The summed E-state index contributed by atoms with van der Waals surface area (Å²) in [6, 6.07) is 0. The number of rotatable bonds is 47. The van der Waals surface area contributed by atoms with E-state index in [0.29, 0.717) is 13.0 Å². The molecular weight excluding hydrogens is 921 g/mol. The lowest BCUT2D eigenvalue weighted by Crippen LogP contribution is -2.61. The third kappa shape index (κ3) is 31.9. The monoisotopic (exact) mass is 1030 g/mol. The molecule has 0 aromatic rings. The van der Waals surface area contributed by atoms with Crippen molar-refractivity contribution in [3.8, 4) is 0 Å². The number of allylic oxidation sites excluding steroid dienone is 6. The summed E-state index contributed by atoms with van der Waals surface area (Å²) in [5, 5.41) is 72.3. The molecule has 11 atom stereocenters. The fraction of sp³-hybridized carbons (Fsp3) is 0.879. The first-order valence-corrected chi connectivity index (χ1v) is 29.1. The molecule has 0 spiro atoms. The zero-order valence-corrected chi connectivity index (χ0v) is 45.2. The molecule has 0 saturated carbocycles.